The van der Waals surface area contributed by atoms with Crippen molar-refractivity contribution in [3.05, 3.63) is 12.2 Å². The molecular formula is C9H18ClNO2. The lowest BCUT2D eigenvalue weighted by molar-refractivity contribution is 0.0909. The number of rotatable bonds is 9. The molecule has 0 unspecified atom stereocenters. The molecule has 0 heterocycles. The molecule has 0 rings (SSSR count). The zero-order valence-corrected chi connectivity index (χ0v) is 8.59. The molecule has 4 heteroatoms. The van der Waals surface area contributed by atoms with Gasteiger partial charge in [0.25, 0.3) is 0 Å². The predicted molar refractivity (Wildman–Crippen MR) is 55.3 cm³/mol. The number of nitrogens with one attached hydrogen (secondary N) is 1. The molecule has 0 aliphatic heterocycles. The zero-order chi connectivity index (χ0) is 9.78. The van der Waals surface area contributed by atoms with Crippen LogP contribution in [0.15, 0.2) is 12.2 Å². The summed E-state index contributed by atoms with van der Waals surface area (Å²) >= 11 is 5.44. The van der Waals surface area contributed by atoms with Crippen LogP contribution in [0.1, 0.15) is 6.42 Å². The van der Waals surface area contributed by atoms with E-state index in [2.05, 4.69) is 5.32 Å². The van der Waals surface area contributed by atoms with Crippen LogP contribution in [0.4, 0.5) is 0 Å². The molecule has 13 heavy (non-hydrogen) atoms. The van der Waals surface area contributed by atoms with E-state index in [0.29, 0.717) is 19.1 Å². The Labute approximate surface area is 84.7 Å². The van der Waals surface area contributed by atoms with Gasteiger partial charge in [0.2, 0.25) is 0 Å². The lowest BCUT2D eigenvalue weighted by Crippen LogP contribution is -2.17. The van der Waals surface area contributed by atoms with E-state index in [9.17, 15) is 0 Å². The molecule has 78 valence electrons. The van der Waals surface area contributed by atoms with Gasteiger partial charge in [-0.05, 0) is 13.0 Å². The van der Waals surface area contributed by atoms with Crippen molar-refractivity contribution in [3.8, 4) is 0 Å². The summed E-state index contributed by atoms with van der Waals surface area (Å²) in [6.07, 6.45) is 4.88. The van der Waals surface area contributed by atoms with Gasteiger partial charge in [0.15, 0.2) is 0 Å². The minimum absolute atomic E-state index is 0.103. The second-order valence-corrected chi connectivity index (χ2v) is 2.83. The van der Waals surface area contributed by atoms with E-state index in [1.165, 1.54) is 0 Å². The van der Waals surface area contributed by atoms with Crippen molar-refractivity contribution in [3.63, 3.8) is 0 Å². The number of hydrogen-bond acceptors (Lipinski definition) is 3. The third-order valence-electron chi connectivity index (χ3n) is 1.40. The number of aliphatic hydroxyl groups is 1. The molecule has 0 aromatic rings. The largest absolute Gasteiger partial charge is 0.394 e. The van der Waals surface area contributed by atoms with Crippen LogP contribution in [0.5, 0.6) is 0 Å². The SMILES string of the molecule is OCCOCCCNC/C=C/CCl. The van der Waals surface area contributed by atoms with Crippen molar-refractivity contribution in [2.24, 2.45) is 0 Å². The first kappa shape index (κ1) is 12.9. The standard InChI is InChI=1S/C9H18ClNO2/c10-4-1-2-5-11-6-3-8-13-9-7-12/h1-2,11-12H,3-9H2/b2-1+. The Morgan fingerprint density at radius 1 is 1.31 bits per heavy atom. The van der Waals surface area contributed by atoms with Gasteiger partial charge in [-0.15, -0.1) is 11.6 Å². The van der Waals surface area contributed by atoms with Crippen molar-refractivity contribution in [2.45, 2.75) is 6.42 Å². The summed E-state index contributed by atoms with van der Waals surface area (Å²) < 4.78 is 5.08. The number of ether oxygens (including phenoxy) is 1. The summed E-state index contributed by atoms with van der Waals surface area (Å²) in [4.78, 5) is 0. The van der Waals surface area contributed by atoms with Crippen LogP contribution >= 0.6 is 11.6 Å². The maximum atomic E-state index is 8.40. The first-order valence-electron chi connectivity index (χ1n) is 4.52. The van der Waals surface area contributed by atoms with Crippen LogP contribution < -0.4 is 5.32 Å². The van der Waals surface area contributed by atoms with Crippen molar-refractivity contribution in [1.82, 2.24) is 5.32 Å². The molecule has 0 aromatic heterocycles. The molecule has 0 amide bonds. The fourth-order valence-electron chi connectivity index (χ4n) is 0.798. The molecular weight excluding hydrogens is 190 g/mol. The Morgan fingerprint density at radius 3 is 2.85 bits per heavy atom. The quantitative estimate of drug-likeness (QED) is 0.334. The van der Waals surface area contributed by atoms with Gasteiger partial charge in [-0.3, -0.25) is 0 Å². The van der Waals surface area contributed by atoms with Gasteiger partial charge in [-0.1, -0.05) is 12.2 Å². The highest BCUT2D eigenvalue weighted by Crippen LogP contribution is 1.81. The predicted octanol–water partition coefficient (Wildman–Crippen LogP) is 0.770. The molecule has 2 N–H and O–H groups in total. The number of alkyl halides is 1. The summed E-state index contributed by atoms with van der Waals surface area (Å²) in [6.45, 7) is 3.02. The topological polar surface area (TPSA) is 41.5 Å². The molecule has 0 saturated heterocycles. The van der Waals surface area contributed by atoms with Gasteiger partial charge in [0.05, 0.1) is 13.2 Å². The molecule has 0 radical (unpaired) electrons. The molecule has 0 saturated carbocycles. The monoisotopic (exact) mass is 207 g/mol. The first-order chi connectivity index (χ1) is 6.41. The smallest absolute Gasteiger partial charge is 0.0697 e. The molecule has 0 aromatic carbocycles. The Kier molecular flexibility index (Phi) is 11.8. The number of aliphatic hydroxyl groups excluding tert-OH is 1. The van der Waals surface area contributed by atoms with Crippen molar-refractivity contribution < 1.29 is 9.84 Å². The van der Waals surface area contributed by atoms with Gasteiger partial charge in [0, 0.05) is 19.0 Å². The van der Waals surface area contributed by atoms with Gasteiger partial charge in [0.1, 0.15) is 0 Å². The fraction of sp³-hybridized carbons (Fsp3) is 0.778. The van der Waals surface area contributed by atoms with Gasteiger partial charge >= 0.3 is 0 Å². The third kappa shape index (κ3) is 11.9. The van der Waals surface area contributed by atoms with Gasteiger partial charge in [-0.25, -0.2) is 0 Å². The molecule has 3 nitrogen and oxygen atoms in total. The molecule has 0 fully saturated rings. The van der Waals surface area contributed by atoms with Crippen molar-refractivity contribution in [1.29, 1.82) is 0 Å². The van der Waals surface area contributed by atoms with E-state index < -0.39 is 0 Å². The normalized spacial score (nSPS) is 11.2. The summed E-state index contributed by atoms with van der Waals surface area (Å²) in [7, 11) is 0. The second kappa shape index (κ2) is 11.9. The van der Waals surface area contributed by atoms with Gasteiger partial charge < -0.3 is 15.2 Å². The Bertz CT molecular complexity index is 120. The fourth-order valence-corrected chi connectivity index (χ4v) is 0.924. The lowest BCUT2D eigenvalue weighted by Gasteiger charge is -2.02. The Morgan fingerprint density at radius 2 is 2.15 bits per heavy atom. The van der Waals surface area contributed by atoms with Crippen LogP contribution in [0.25, 0.3) is 0 Å². The molecule has 0 atom stereocenters. The number of allylic oxidation sites excluding steroid dienone is 1. The highest BCUT2D eigenvalue weighted by molar-refractivity contribution is 6.18. The molecule has 0 spiro atoms. The molecule has 0 bridgehead atoms. The van der Waals surface area contributed by atoms with Crippen LogP contribution in [-0.2, 0) is 4.74 Å². The van der Waals surface area contributed by atoms with E-state index in [4.69, 9.17) is 21.4 Å². The van der Waals surface area contributed by atoms with E-state index in [-0.39, 0.29) is 6.61 Å². The lowest BCUT2D eigenvalue weighted by atomic mass is 10.4. The van der Waals surface area contributed by atoms with Crippen LogP contribution in [0.3, 0.4) is 0 Å². The molecule has 0 aliphatic carbocycles. The summed E-state index contributed by atoms with van der Waals surface area (Å²) in [5.41, 5.74) is 0. The molecule has 0 aliphatic rings. The second-order valence-electron chi connectivity index (χ2n) is 2.52. The number of hydrogen-bond donors (Lipinski definition) is 2. The Hall–Kier alpha value is -0.0900. The van der Waals surface area contributed by atoms with Crippen LogP contribution in [0, 0.1) is 0 Å². The average molecular weight is 208 g/mol. The Balaban J connectivity index is 2.87. The van der Waals surface area contributed by atoms with Crippen LogP contribution in [-0.4, -0.2) is 43.9 Å². The average Bonchev–Trinajstić information content (AvgIpc) is 2.16. The van der Waals surface area contributed by atoms with Crippen molar-refractivity contribution >= 4 is 11.6 Å². The maximum Gasteiger partial charge on any atom is 0.0697 e. The van der Waals surface area contributed by atoms with Gasteiger partial charge in [-0.2, -0.15) is 0 Å². The maximum absolute atomic E-state index is 8.40. The van der Waals surface area contributed by atoms with Crippen molar-refractivity contribution in [2.75, 3.05) is 38.8 Å². The van der Waals surface area contributed by atoms with E-state index in [1.807, 2.05) is 12.2 Å². The third-order valence-corrected chi connectivity index (χ3v) is 1.57. The first-order valence-corrected chi connectivity index (χ1v) is 5.05. The highest BCUT2D eigenvalue weighted by atomic mass is 35.5. The van der Waals surface area contributed by atoms with Crippen LogP contribution in [0.2, 0.25) is 0 Å². The van der Waals surface area contributed by atoms with E-state index >= 15 is 0 Å². The minimum Gasteiger partial charge on any atom is -0.394 e. The summed E-state index contributed by atoms with van der Waals surface area (Å²) in [6, 6.07) is 0. The number of halogens is 1. The zero-order valence-electron chi connectivity index (χ0n) is 7.84. The summed E-state index contributed by atoms with van der Waals surface area (Å²) in [5.74, 6) is 0.571. The highest BCUT2D eigenvalue weighted by Gasteiger charge is 1.87. The van der Waals surface area contributed by atoms with E-state index in [0.717, 1.165) is 19.5 Å². The minimum atomic E-state index is 0.103. The van der Waals surface area contributed by atoms with E-state index in [1.54, 1.807) is 0 Å². The summed E-state index contributed by atoms with van der Waals surface area (Å²) in [5, 5.41) is 11.6.